The molecule has 1 aromatic rings. The van der Waals surface area contributed by atoms with Crippen LogP contribution in [0.3, 0.4) is 0 Å². The van der Waals surface area contributed by atoms with Crippen molar-refractivity contribution in [3.63, 3.8) is 0 Å². The van der Waals surface area contributed by atoms with E-state index in [4.69, 9.17) is 16.2 Å². The monoisotopic (exact) mass is 256 g/mol. The van der Waals surface area contributed by atoms with Gasteiger partial charge in [0.05, 0.1) is 6.10 Å². The zero-order chi connectivity index (χ0) is 12.4. The molecule has 0 unspecified atom stereocenters. The standard InChI is InChI=1S/C10H16N4O2S/c1-16-6-2-4-14(5-3-6)10-7(9(12)15)8(11)13-17-10/h6H,2-5H2,1H3,(H2,11,13)(H2,12,15). The predicted octanol–water partition coefficient (Wildman–Crippen LogP) is 0.439. The van der Waals surface area contributed by atoms with Crippen LogP contribution in [0.4, 0.5) is 10.8 Å². The van der Waals surface area contributed by atoms with Gasteiger partial charge in [-0.15, -0.1) is 0 Å². The lowest BCUT2D eigenvalue weighted by molar-refractivity contribution is 0.0820. The fraction of sp³-hybridized carbons (Fsp3) is 0.600. The second-order valence-corrected chi connectivity index (χ2v) is 4.79. The van der Waals surface area contributed by atoms with Crippen molar-refractivity contribution in [1.29, 1.82) is 0 Å². The van der Waals surface area contributed by atoms with Gasteiger partial charge in [-0.25, -0.2) is 0 Å². The first-order valence-electron chi connectivity index (χ1n) is 5.46. The van der Waals surface area contributed by atoms with Gasteiger partial charge in [-0.1, -0.05) is 0 Å². The molecule has 2 heterocycles. The SMILES string of the molecule is COC1CCN(c2snc(N)c2C(N)=O)CC1. The summed E-state index contributed by atoms with van der Waals surface area (Å²) in [5.74, 6) is -0.286. The van der Waals surface area contributed by atoms with Crippen molar-refractivity contribution in [2.24, 2.45) is 5.73 Å². The van der Waals surface area contributed by atoms with Crippen LogP contribution in [0.1, 0.15) is 23.2 Å². The van der Waals surface area contributed by atoms with Gasteiger partial charge in [0.15, 0.2) is 5.82 Å². The number of piperidine rings is 1. The van der Waals surface area contributed by atoms with E-state index >= 15 is 0 Å². The van der Waals surface area contributed by atoms with Crippen molar-refractivity contribution < 1.29 is 9.53 Å². The van der Waals surface area contributed by atoms with Crippen LogP contribution in [-0.4, -0.2) is 36.6 Å². The van der Waals surface area contributed by atoms with Gasteiger partial charge in [0.25, 0.3) is 5.91 Å². The van der Waals surface area contributed by atoms with Gasteiger partial charge in [-0.3, -0.25) is 4.79 Å². The van der Waals surface area contributed by atoms with Crippen LogP contribution in [0.15, 0.2) is 0 Å². The van der Waals surface area contributed by atoms with E-state index in [0.717, 1.165) is 30.9 Å². The Hall–Kier alpha value is -1.34. The molecular weight excluding hydrogens is 240 g/mol. The first-order chi connectivity index (χ1) is 8.13. The van der Waals surface area contributed by atoms with Crippen molar-refractivity contribution in [2.45, 2.75) is 18.9 Å². The van der Waals surface area contributed by atoms with Crippen LogP contribution < -0.4 is 16.4 Å². The minimum absolute atomic E-state index is 0.228. The van der Waals surface area contributed by atoms with Crippen molar-refractivity contribution in [2.75, 3.05) is 30.8 Å². The molecule has 1 aliphatic rings. The van der Waals surface area contributed by atoms with E-state index < -0.39 is 5.91 Å². The summed E-state index contributed by atoms with van der Waals surface area (Å²) in [5, 5.41) is 0.782. The second-order valence-electron chi connectivity index (χ2n) is 4.03. The lowest BCUT2D eigenvalue weighted by Crippen LogP contribution is -2.37. The van der Waals surface area contributed by atoms with Crippen LogP contribution in [0.2, 0.25) is 0 Å². The molecule has 4 N–H and O–H groups in total. The molecule has 0 spiro atoms. The Morgan fingerprint density at radius 3 is 2.71 bits per heavy atom. The Morgan fingerprint density at radius 1 is 1.53 bits per heavy atom. The highest BCUT2D eigenvalue weighted by Gasteiger charge is 2.25. The molecule has 2 rings (SSSR count). The summed E-state index contributed by atoms with van der Waals surface area (Å²) in [6.45, 7) is 1.67. The number of aromatic nitrogens is 1. The number of anilines is 2. The lowest BCUT2D eigenvalue weighted by atomic mass is 10.1. The number of hydrogen-bond donors (Lipinski definition) is 2. The van der Waals surface area contributed by atoms with Gasteiger partial charge in [-0.05, 0) is 24.4 Å². The first-order valence-corrected chi connectivity index (χ1v) is 6.23. The van der Waals surface area contributed by atoms with Crippen LogP contribution in [-0.2, 0) is 4.74 Å². The molecule has 94 valence electrons. The molecule has 0 atom stereocenters. The molecule has 0 aromatic carbocycles. The average molecular weight is 256 g/mol. The quantitative estimate of drug-likeness (QED) is 0.818. The maximum atomic E-state index is 11.3. The molecule has 1 saturated heterocycles. The highest BCUT2D eigenvalue weighted by molar-refractivity contribution is 7.11. The molecule has 17 heavy (non-hydrogen) atoms. The average Bonchev–Trinajstić information content (AvgIpc) is 2.71. The van der Waals surface area contributed by atoms with Crippen molar-refractivity contribution in [3.8, 4) is 0 Å². The zero-order valence-electron chi connectivity index (χ0n) is 9.68. The maximum Gasteiger partial charge on any atom is 0.255 e. The van der Waals surface area contributed by atoms with Crippen LogP contribution in [0.5, 0.6) is 0 Å². The smallest absolute Gasteiger partial charge is 0.255 e. The number of amides is 1. The van der Waals surface area contributed by atoms with Crippen LogP contribution >= 0.6 is 11.5 Å². The maximum absolute atomic E-state index is 11.3. The lowest BCUT2D eigenvalue weighted by Gasteiger charge is -2.31. The molecular formula is C10H16N4O2S. The molecule has 0 bridgehead atoms. The minimum atomic E-state index is -0.514. The molecule has 1 amide bonds. The number of ether oxygens (including phenoxy) is 1. The van der Waals surface area contributed by atoms with E-state index in [9.17, 15) is 4.79 Å². The topological polar surface area (TPSA) is 94.5 Å². The first kappa shape index (κ1) is 12.1. The van der Waals surface area contributed by atoms with E-state index in [1.54, 1.807) is 7.11 Å². The van der Waals surface area contributed by atoms with Crippen molar-refractivity contribution in [3.05, 3.63) is 5.56 Å². The number of hydrogen-bond acceptors (Lipinski definition) is 6. The number of rotatable bonds is 3. The van der Waals surface area contributed by atoms with Crippen LogP contribution in [0, 0.1) is 0 Å². The number of nitrogens with zero attached hydrogens (tertiary/aromatic N) is 2. The number of nitrogen functional groups attached to an aromatic ring is 1. The van der Waals surface area contributed by atoms with Crippen molar-refractivity contribution >= 4 is 28.3 Å². The molecule has 0 aliphatic carbocycles. The summed E-state index contributed by atoms with van der Waals surface area (Å²) in [4.78, 5) is 13.4. The third kappa shape index (κ3) is 2.34. The molecule has 0 saturated carbocycles. The summed E-state index contributed by atoms with van der Waals surface area (Å²) in [7, 11) is 1.72. The normalized spacial score (nSPS) is 17.4. The predicted molar refractivity (Wildman–Crippen MR) is 67.3 cm³/mol. The van der Waals surface area contributed by atoms with Gasteiger partial charge < -0.3 is 21.1 Å². The second kappa shape index (κ2) is 4.89. The fourth-order valence-electron chi connectivity index (χ4n) is 2.04. The number of methoxy groups -OCH3 is 1. The number of nitrogens with two attached hydrogens (primary N) is 2. The third-order valence-corrected chi connectivity index (χ3v) is 3.93. The largest absolute Gasteiger partial charge is 0.382 e. The van der Waals surface area contributed by atoms with Gasteiger partial charge in [0.1, 0.15) is 10.6 Å². The molecule has 0 radical (unpaired) electrons. The minimum Gasteiger partial charge on any atom is -0.382 e. The summed E-state index contributed by atoms with van der Waals surface area (Å²) in [6.07, 6.45) is 2.17. The fourth-order valence-corrected chi connectivity index (χ4v) is 2.91. The summed E-state index contributed by atoms with van der Waals surface area (Å²) < 4.78 is 9.30. The summed E-state index contributed by atoms with van der Waals surface area (Å²) in [6, 6.07) is 0. The molecule has 6 nitrogen and oxygen atoms in total. The molecule has 1 aromatic heterocycles. The zero-order valence-corrected chi connectivity index (χ0v) is 10.5. The summed E-state index contributed by atoms with van der Waals surface area (Å²) >= 11 is 1.23. The molecule has 7 heteroatoms. The van der Waals surface area contributed by atoms with Crippen molar-refractivity contribution in [1.82, 2.24) is 4.37 Å². The number of carbonyl (C=O) groups is 1. The Morgan fingerprint density at radius 2 is 2.18 bits per heavy atom. The Labute approximate surface area is 104 Å². The van der Waals surface area contributed by atoms with E-state index in [1.807, 2.05) is 0 Å². The third-order valence-electron chi connectivity index (χ3n) is 3.01. The highest BCUT2D eigenvalue weighted by Crippen LogP contribution is 2.32. The van der Waals surface area contributed by atoms with Crippen LogP contribution in [0.25, 0.3) is 0 Å². The van der Waals surface area contributed by atoms with E-state index in [2.05, 4.69) is 9.27 Å². The Balaban J connectivity index is 2.16. The molecule has 1 aliphatic heterocycles. The Kier molecular flexibility index (Phi) is 3.49. The number of carbonyl (C=O) groups excluding carboxylic acids is 1. The Bertz CT molecular complexity index is 412. The van der Waals surface area contributed by atoms with Gasteiger partial charge in [0.2, 0.25) is 0 Å². The van der Waals surface area contributed by atoms with E-state index in [-0.39, 0.29) is 5.82 Å². The van der Waals surface area contributed by atoms with E-state index in [0.29, 0.717) is 11.7 Å². The highest BCUT2D eigenvalue weighted by atomic mass is 32.1. The number of primary amides is 1. The van der Waals surface area contributed by atoms with Gasteiger partial charge >= 0.3 is 0 Å². The van der Waals surface area contributed by atoms with Gasteiger partial charge in [0, 0.05) is 20.2 Å². The molecule has 1 fully saturated rings. The van der Waals surface area contributed by atoms with Gasteiger partial charge in [-0.2, -0.15) is 4.37 Å². The summed E-state index contributed by atoms with van der Waals surface area (Å²) in [5.41, 5.74) is 11.3. The van der Waals surface area contributed by atoms with E-state index in [1.165, 1.54) is 11.5 Å².